The van der Waals surface area contributed by atoms with Crippen LogP contribution in [0.2, 0.25) is 10.3 Å². The average Bonchev–Trinajstić information content (AvgIpc) is 2.89. The van der Waals surface area contributed by atoms with Gasteiger partial charge in [-0.3, -0.25) is 0 Å². The third kappa shape index (κ3) is 2.77. The third-order valence-electron chi connectivity index (χ3n) is 3.97. The number of rotatable bonds is 2. The van der Waals surface area contributed by atoms with Crippen molar-refractivity contribution < 1.29 is 4.39 Å². The van der Waals surface area contributed by atoms with Gasteiger partial charge in [-0.2, -0.15) is 4.98 Å². The number of thiophene rings is 1. The van der Waals surface area contributed by atoms with Gasteiger partial charge in [-0.25, -0.2) is 9.37 Å². The van der Waals surface area contributed by atoms with Crippen molar-refractivity contribution >= 4 is 56.3 Å². The molecule has 0 saturated carbocycles. The summed E-state index contributed by atoms with van der Waals surface area (Å²) in [6, 6.07) is 4.49. The fourth-order valence-electron chi connectivity index (χ4n) is 2.93. The maximum absolute atomic E-state index is 13.3. The fourth-order valence-corrected chi connectivity index (χ4v) is 4.59. The van der Waals surface area contributed by atoms with Crippen LogP contribution >= 0.6 is 34.5 Å². The normalized spacial score (nSPS) is 14.0. The molecule has 0 unspecified atom stereocenters. The van der Waals surface area contributed by atoms with Gasteiger partial charge in [-0.1, -0.05) is 11.6 Å². The highest BCUT2D eigenvalue weighted by Crippen LogP contribution is 2.40. The number of benzene rings is 1. The largest absolute Gasteiger partial charge is 0.339 e. The van der Waals surface area contributed by atoms with Crippen molar-refractivity contribution in [1.82, 2.24) is 9.97 Å². The summed E-state index contributed by atoms with van der Waals surface area (Å²) in [7, 11) is 0. The van der Waals surface area contributed by atoms with E-state index in [9.17, 15) is 4.39 Å². The topological polar surface area (TPSA) is 37.8 Å². The quantitative estimate of drug-likeness (QED) is 0.585. The van der Waals surface area contributed by atoms with Crippen LogP contribution < -0.4 is 5.32 Å². The smallest absolute Gasteiger partial charge is 0.225 e. The molecule has 7 heteroatoms. The van der Waals surface area contributed by atoms with Gasteiger partial charge in [0.25, 0.3) is 0 Å². The lowest BCUT2D eigenvalue weighted by Crippen LogP contribution is -2.01. The second kappa shape index (κ2) is 5.89. The fraction of sp³-hybridized carbons (Fsp3) is 0.250. The van der Waals surface area contributed by atoms with Gasteiger partial charge in [-0.15, -0.1) is 11.3 Å². The molecule has 3 nitrogen and oxygen atoms in total. The molecule has 0 amide bonds. The Kier molecular flexibility index (Phi) is 3.87. The minimum atomic E-state index is -0.448. The van der Waals surface area contributed by atoms with Gasteiger partial charge in [0.1, 0.15) is 16.5 Å². The van der Waals surface area contributed by atoms with Gasteiger partial charge in [0.05, 0.1) is 10.4 Å². The van der Waals surface area contributed by atoms with Crippen LogP contribution in [0.3, 0.4) is 0 Å². The second-order valence-corrected chi connectivity index (χ2v) is 7.32. The van der Waals surface area contributed by atoms with E-state index in [1.54, 1.807) is 17.4 Å². The van der Waals surface area contributed by atoms with E-state index < -0.39 is 5.82 Å². The van der Waals surface area contributed by atoms with Crippen molar-refractivity contribution in [2.45, 2.75) is 25.7 Å². The van der Waals surface area contributed by atoms with Crippen molar-refractivity contribution in [3.63, 3.8) is 0 Å². The number of nitrogens with zero attached hydrogens (tertiary/aromatic N) is 2. The molecule has 4 rings (SSSR count). The molecule has 1 aliphatic carbocycles. The van der Waals surface area contributed by atoms with E-state index >= 15 is 0 Å². The lowest BCUT2D eigenvalue weighted by atomic mass is 9.97. The predicted octanol–water partition coefficient (Wildman–Crippen LogP) is 5.76. The Balaban J connectivity index is 1.85. The highest BCUT2D eigenvalue weighted by Gasteiger charge is 2.21. The first-order valence-electron chi connectivity index (χ1n) is 7.31. The Morgan fingerprint density at radius 3 is 2.78 bits per heavy atom. The van der Waals surface area contributed by atoms with Crippen molar-refractivity contribution in [2.75, 3.05) is 5.32 Å². The SMILES string of the molecule is Fc1ccc(Nc2nc(Cl)nc3sc4c(c23)CCCC4)cc1Cl. The molecule has 1 aromatic carbocycles. The van der Waals surface area contributed by atoms with Gasteiger partial charge < -0.3 is 5.32 Å². The van der Waals surface area contributed by atoms with Gasteiger partial charge in [-0.05, 0) is 61.0 Å². The Bertz CT molecular complexity index is 910. The first-order valence-corrected chi connectivity index (χ1v) is 8.89. The molecule has 2 aromatic heterocycles. The molecule has 118 valence electrons. The maximum Gasteiger partial charge on any atom is 0.225 e. The van der Waals surface area contributed by atoms with E-state index in [2.05, 4.69) is 15.3 Å². The minimum absolute atomic E-state index is 0.0683. The zero-order valence-corrected chi connectivity index (χ0v) is 14.3. The molecule has 0 fully saturated rings. The third-order valence-corrected chi connectivity index (χ3v) is 5.61. The first-order chi connectivity index (χ1) is 11.1. The second-order valence-electron chi connectivity index (χ2n) is 5.49. The van der Waals surface area contributed by atoms with Crippen molar-refractivity contribution in [3.8, 4) is 0 Å². The average molecular weight is 368 g/mol. The van der Waals surface area contributed by atoms with Crippen LogP contribution in [0, 0.1) is 5.82 Å². The number of hydrogen-bond donors (Lipinski definition) is 1. The number of aromatic nitrogens is 2. The Morgan fingerprint density at radius 1 is 1.13 bits per heavy atom. The molecular weight excluding hydrogens is 356 g/mol. The molecule has 2 heterocycles. The predicted molar refractivity (Wildman–Crippen MR) is 93.8 cm³/mol. The summed E-state index contributed by atoms with van der Waals surface area (Å²) in [4.78, 5) is 11.0. The maximum atomic E-state index is 13.3. The molecule has 0 saturated heterocycles. The summed E-state index contributed by atoms with van der Waals surface area (Å²) >= 11 is 13.6. The van der Waals surface area contributed by atoms with Gasteiger partial charge in [0, 0.05) is 10.6 Å². The van der Waals surface area contributed by atoms with Crippen LogP contribution in [0.4, 0.5) is 15.9 Å². The highest BCUT2D eigenvalue weighted by atomic mass is 35.5. The van der Waals surface area contributed by atoms with Crippen LogP contribution in [0.25, 0.3) is 10.2 Å². The van der Waals surface area contributed by atoms with Crippen LogP contribution in [-0.4, -0.2) is 9.97 Å². The van der Waals surface area contributed by atoms with E-state index in [0.717, 1.165) is 23.1 Å². The van der Waals surface area contributed by atoms with Gasteiger partial charge in [0.15, 0.2) is 0 Å². The van der Waals surface area contributed by atoms with Crippen molar-refractivity contribution in [3.05, 3.63) is 44.8 Å². The van der Waals surface area contributed by atoms with E-state index in [0.29, 0.717) is 11.5 Å². The van der Waals surface area contributed by atoms with E-state index in [-0.39, 0.29) is 10.3 Å². The Labute approximate surface area is 146 Å². The summed E-state index contributed by atoms with van der Waals surface area (Å²) in [5, 5.41) is 4.50. The molecule has 1 N–H and O–H groups in total. The Morgan fingerprint density at radius 2 is 1.96 bits per heavy atom. The van der Waals surface area contributed by atoms with Crippen LogP contribution in [0.5, 0.6) is 0 Å². The van der Waals surface area contributed by atoms with Crippen LogP contribution in [0.1, 0.15) is 23.3 Å². The number of anilines is 2. The van der Waals surface area contributed by atoms with Crippen molar-refractivity contribution in [1.29, 1.82) is 0 Å². The number of aryl methyl sites for hydroxylation is 2. The number of nitrogens with one attached hydrogen (secondary N) is 1. The molecule has 1 aliphatic rings. The molecule has 0 aliphatic heterocycles. The summed E-state index contributed by atoms with van der Waals surface area (Å²) in [5.41, 5.74) is 1.98. The van der Waals surface area contributed by atoms with E-state index in [1.165, 1.54) is 35.4 Å². The number of fused-ring (bicyclic) bond motifs is 3. The summed E-state index contributed by atoms with van der Waals surface area (Å²) < 4.78 is 13.3. The standard InChI is InChI=1S/C16H12Cl2FN3S/c17-10-7-8(5-6-11(10)19)20-14-13-9-3-1-2-4-12(9)23-15(13)22-16(18)21-14/h5-7H,1-4H2,(H,20,21,22). The molecule has 0 radical (unpaired) electrons. The molecule has 23 heavy (non-hydrogen) atoms. The highest BCUT2D eigenvalue weighted by molar-refractivity contribution is 7.19. The van der Waals surface area contributed by atoms with E-state index in [4.69, 9.17) is 23.2 Å². The molecule has 0 bridgehead atoms. The Hall–Kier alpha value is -1.43. The zero-order chi connectivity index (χ0) is 16.0. The molecule has 0 spiro atoms. The van der Waals surface area contributed by atoms with Gasteiger partial charge >= 0.3 is 0 Å². The summed E-state index contributed by atoms with van der Waals surface area (Å²) in [6.45, 7) is 0. The molecule has 3 aromatic rings. The van der Waals surface area contributed by atoms with Crippen LogP contribution in [-0.2, 0) is 12.8 Å². The monoisotopic (exact) mass is 367 g/mol. The lowest BCUT2D eigenvalue weighted by Gasteiger charge is -2.13. The number of hydrogen-bond acceptors (Lipinski definition) is 4. The molecular formula is C16H12Cl2FN3S. The first kappa shape index (κ1) is 15.1. The lowest BCUT2D eigenvalue weighted by molar-refractivity contribution is 0.628. The van der Waals surface area contributed by atoms with Gasteiger partial charge in [0.2, 0.25) is 5.28 Å². The zero-order valence-electron chi connectivity index (χ0n) is 12.0. The van der Waals surface area contributed by atoms with E-state index in [1.807, 2.05) is 0 Å². The van der Waals surface area contributed by atoms with Crippen LogP contribution in [0.15, 0.2) is 18.2 Å². The molecule has 0 atom stereocenters. The minimum Gasteiger partial charge on any atom is -0.339 e. The number of halogens is 3. The summed E-state index contributed by atoms with van der Waals surface area (Å²) in [5.74, 6) is 0.207. The summed E-state index contributed by atoms with van der Waals surface area (Å²) in [6.07, 6.45) is 4.48. The van der Waals surface area contributed by atoms with Crippen molar-refractivity contribution in [2.24, 2.45) is 0 Å².